The first-order chi connectivity index (χ1) is 16.4. The summed E-state index contributed by atoms with van der Waals surface area (Å²) in [7, 11) is 2.22. The van der Waals surface area contributed by atoms with Crippen LogP contribution in [0.1, 0.15) is 69.6 Å². The van der Waals surface area contributed by atoms with Crippen molar-refractivity contribution in [2.24, 2.45) is 23.7 Å². The van der Waals surface area contributed by atoms with Crippen LogP contribution in [-0.2, 0) is 10.8 Å². The molecule has 0 unspecified atom stereocenters. The molecule has 3 aromatic carbocycles. The van der Waals surface area contributed by atoms with E-state index < -0.39 is 0 Å². The van der Waals surface area contributed by atoms with Crippen LogP contribution in [0.5, 0.6) is 0 Å². The first kappa shape index (κ1) is 20.8. The number of fused-ring (bicyclic) bond motifs is 3. The van der Waals surface area contributed by atoms with E-state index in [0.29, 0.717) is 0 Å². The van der Waals surface area contributed by atoms with Gasteiger partial charge < -0.3 is 4.90 Å². The molecule has 5 aliphatic carbocycles. The maximum absolute atomic E-state index is 2.52. The minimum absolute atomic E-state index is 0.182. The first-order valence-corrected chi connectivity index (χ1v) is 13.4. The maximum atomic E-state index is 2.52. The molecule has 34 heavy (non-hydrogen) atoms. The summed E-state index contributed by atoms with van der Waals surface area (Å²) in [5.74, 6) is 3.65. The Hall–Kier alpha value is -2.54. The van der Waals surface area contributed by atoms with Gasteiger partial charge in [-0.05, 0) is 113 Å². The fourth-order valence-corrected chi connectivity index (χ4v) is 8.69. The van der Waals surface area contributed by atoms with E-state index in [0.717, 1.165) is 23.7 Å². The molecule has 0 aliphatic heterocycles. The summed E-state index contributed by atoms with van der Waals surface area (Å²) in [4.78, 5) is 2.36. The number of nitrogens with zero attached hydrogens (tertiary/aromatic N) is 1. The highest BCUT2D eigenvalue weighted by molar-refractivity contribution is 5.85. The average Bonchev–Trinajstić information content (AvgIpc) is 3.12. The Morgan fingerprint density at radius 2 is 1.26 bits per heavy atom. The number of rotatable bonds is 2. The fourth-order valence-electron chi connectivity index (χ4n) is 8.69. The standard InChI is InChI=1S/C33H37N/c1-32(2,3)23-9-11-26(12-10-23)34(4)27-13-14-31-29(20-27)28-7-5-6-8-30(28)33(31)24-16-21-15-22(18-24)19-25(33)17-21/h5-14,20-22,24-25H,15-19H2,1-4H3. The van der Waals surface area contributed by atoms with Crippen LogP contribution in [0.2, 0.25) is 0 Å². The fraction of sp³-hybridized carbons (Fsp3) is 0.455. The third kappa shape index (κ3) is 2.73. The Morgan fingerprint density at radius 3 is 1.91 bits per heavy atom. The molecule has 0 saturated heterocycles. The maximum Gasteiger partial charge on any atom is 0.0414 e. The Morgan fingerprint density at radius 1 is 0.676 bits per heavy atom. The van der Waals surface area contributed by atoms with Crippen LogP contribution in [0.15, 0.2) is 66.7 Å². The predicted molar refractivity (Wildman–Crippen MR) is 143 cm³/mol. The van der Waals surface area contributed by atoms with Crippen LogP contribution in [-0.4, -0.2) is 7.05 Å². The molecule has 1 spiro atoms. The zero-order valence-electron chi connectivity index (χ0n) is 21.1. The lowest BCUT2D eigenvalue weighted by atomic mass is 9.43. The van der Waals surface area contributed by atoms with E-state index in [-0.39, 0.29) is 10.8 Å². The lowest BCUT2D eigenvalue weighted by molar-refractivity contribution is -0.0399. The number of benzene rings is 3. The van der Waals surface area contributed by atoms with Crippen LogP contribution in [0.4, 0.5) is 11.4 Å². The molecule has 3 aromatic rings. The van der Waals surface area contributed by atoms with Crippen molar-refractivity contribution in [2.75, 3.05) is 11.9 Å². The molecule has 4 saturated carbocycles. The molecule has 4 bridgehead atoms. The van der Waals surface area contributed by atoms with Gasteiger partial charge in [-0.2, -0.15) is 0 Å². The molecule has 0 radical (unpaired) electrons. The second-order valence-electron chi connectivity index (χ2n) is 12.8. The van der Waals surface area contributed by atoms with Crippen molar-refractivity contribution >= 4 is 11.4 Å². The molecule has 4 fully saturated rings. The topological polar surface area (TPSA) is 3.24 Å². The first-order valence-electron chi connectivity index (χ1n) is 13.4. The normalized spacial score (nSPS) is 30.5. The summed E-state index contributed by atoms with van der Waals surface area (Å²) in [6.07, 6.45) is 7.30. The molecule has 174 valence electrons. The number of hydrogen-bond acceptors (Lipinski definition) is 1. The van der Waals surface area contributed by atoms with Crippen molar-refractivity contribution in [1.29, 1.82) is 0 Å². The van der Waals surface area contributed by atoms with Crippen molar-refractivity contribution < 1.29 is 0 Å². The molecular formula is C33H37N. The van der Waals surface area contributed by atoms with Crippen molar-refractivity contribution in [3.8, 4) is 11.1 Å². The van der Waals surface area contributed by atoms with Crippen LogP contribution >= 0.6 is 0 Å². The van der Waals surface area contributed by atoms with Crippen LogP contribution < -0.4 is 4.90 Å². The van der Waals surface area contributed by atoms with Gasteiger partial charge in [-0.25, -0.2) is 0 Å². The zero-order chi connectivity index (χ0) is 23.2. The Bertz CT molecular complexity index is 1230. The van der Waals surface area contributed by atoms with E-state index in [1.165, 1.54) is 60.2 Å². The van der Waals surface area contributed by atoms with Gasteiger partial charge in [-0.15, -0.1) is 0 Å². The summed E-state index contributed by atoms with van der Waals surface area (Å²) < 4.78 is 0. The highest BCUT2D eigenvalue weighted by Gasteiger charge is 2.61. The van der Waals surface area contributed by atoms with Crippen molar-refractivity contribution in [1.82, 2.24) is 0 Å². The van der Waals surface area contributed by atoms with Crippen LogP contribution in [0, 0.1) is 23.7 Å². The second-order valence-corrected chi connectivity index (χ2v) is 12.8. The van der Waals surface area contributed by atoms with Gasteiger partial charge in [0, 0.05) is 23.8 Å². The van der Waals surface area contributed by atoms with Gasteiger partial charge >= 0.3 is 0 Å². The molecule has 0 aromatic heterocycles. The van der Waals surface area contributed by atoms with Gasteiger partial charge in [0.1, 0.15) is 0 Å². The van der Waals surface area contributed by atoms with Crippen molar-refractivity contribution in [3.63, 3.8) is 0 Å². The van der Waals surface area contributed by atoms with Gasteiger partial charge in [-0.1, -0.05) is 63.2 Å². The summed E-state index contributed by atoms with van der Waals surface area (Å²) >= 11 is 0. The summed E-state index contributed by atoms with van der Waals surface area (Å²) in [6, 6.07) is 26.0. The monoisotopic (exact) mass is 447 g/mol. The van der Waals surface area contributed by atoms with Gasteiger partial charge in [0.05, 0.1) is 0 Å². The Labute approximate surface area is 205 Å². The quantitative estimate of drug-likeness (QED) is 0.381. The SMILES string of the molecule is CN(c1ccc(C(C)(C)C)cc1)c1ccc2c(c1)-c1ccccc1C21C2CC3CC(C2)CC1C3. The molecule has 5 aliphatic rings. The summed E-state index contributed by atoms with van der Waals surface area (Å²) in [5, 5.41) is 0. The highest BCUT2D eigenvalue weighted by Crippen LogP contribution is 2.69. The van der Waals surface area contributed by atoms with Crippen molar-refractivity contribution in [3.05, 3.63) is 83.4 Å². The lowest BCUT2D eigenvalue weighted by Crippen LogP contribution is -2.55. The zero-order valence-corrected chi connectivity index (χ0v) is 21.1. The van der Waals surface area contributed by atoms with Gasteiger partial charge in [0.2, 0.25) is 0 Å². The van der Waals surface area contributed by atoms with E-state index >= 15 is 0 Å². The molecule has 0 amide bonds. The molecule has 8 rings (SSSR count). The summed E-state index contributed by atoms with van der Waals surface area (Å²) in [5.41, 5.74) is 10.7. The summed E-state index contributed by atoms with van der Waals surface area (Å²) in [6.45, 7) is 6.84. The average molecular weight is 448 g/mol. The minimum Gasteiger partial charge on any atom is -0.345 e. The number of anilines is 2. The second kappa shape index (κ2) is 7.00. The van der Waals surface area contributed by atoms with E-state index in [1.54, 1.807) is 11.1 Å². The molecule has 1 nitrogen and oxygen atoms in total. The Kier molecular flexibility index (Phi) is 4.28. The number of hydrogen-bond donors (Lipinski definition) is 0. The van der Waals surface area contributed by atoms with E-state index in [2.05, 4.69) is 99.4 Å². The molecule has 0 N–H and O–H groups in total. The largest absolute Gasteiger partial charge is 0.345 e. The molecule has 1 heteroatoms. The van der Waals surface area contributed by atoms with Crippen LogP contribution in [0.25, 0.3) is 11.1 Å². The van der Waals surface area contributed by atoms with Crippen LogP contribution in [0.3, 0.4) is 0 Å². The lowest BCUT2D eigenvalue weighted by Gasteiger charge is -2.61. The minimum atomic E-state index is 0.182. The smallest absolute Gasteiger partial charge is 0.0414 e. The highest BCUT2D eigenvalue weighted by atomic mass is 15.1. The third-order valence-electron chi connectivity index (χ3n) is 10.0. The third-order valence-corrected chi connectivity index (χ3v) is 10.0. The van der Waals surface area contributed by atoms with E-state index in [4.69, 9.17) is 0 Å². The molecular weight excluding hydrogens is 410 g/mol. The molecule has 0 atom stereocenters. The van der Waals surface area contributed by atoms with E-state index in [9.17, 15) is 0 Å². The predicted octanol–water partition coefficient (Wildman–Crippen LogP) is 8.47. The Balaban J connectivity index is 1.32. The van der Waals surface area contributed by atoms with Gasteiger partial charge in [0.25, 0.3) is 0 Å². The van der Waals surface area contributed by atoms with Gasteiger partial charge in [0.15, 0.2) is 0 Å². The van der Waals surface area contributed by atoms with Crippen molar-refractivity contribution in [2.45, 2.75) is 63.7 Å². The van der Waals surface area contributed by atoms with E-state index in [1.807, 2.05) is 0 Å². The molecule has 0 heterocycles. The van der Waals surface area contributed by atoms with Gasteiger partial charge in [-0.3, -0.25) is 0 Å².